The summed E-state index contributed by atoms with van der Waals surface area (Å²) in [5, 5.41) is 1.68. The van der Waals surface area contributed by atoms with Crippen molar-refractivity contribution in [2.45, 2.75) is 6.61 Å². The fourth-order valence-corrected chi connectivity index (χ4v) is 4.31. The molecule has 0 unspecified atom stereocenters. The maximum absolute atomic E-state index is 13.2. The van der Waals surface area contributed by atoms with E-state index in [9.17, 15) is 9.18 Å². The highest BCUT2D eigenvalue weighted by Gasteiger charge is 2.13. The molecule has 3 aromatic carbocycles. The van der Waals surface area contributed by atoms with Gasteiger partial charge in [-0.25, -0.2) is 14.2 Å². The molecular formula is C23H13ClFNO3S. The van der Waals surface area contributed by atoms with E-state index in [1.165, 1.54) is 23.5 Å². The molecule has 0 bridgehead atoms. The molecule has 0 spiro atoms. The highest BCUT2D eigenvalue weighted by atomic mass is 35.5. The van der Waals surface area contributed by atoms with Crippen LogP contribution in [-0.2, 0) is 6.61 Å². The van der Waals surface area contributed by atoms with Gasteiger partial charge in [-0.1, -0.05) is 29.8 Å². The van der Waals surface area contributed by atoms with Crippen molar-refractivity contribution in [2.24, 2.45) is 0 Å². The Bertz CT molecular complexity index is 1430. The van der Waals surface area contributed by atoms with Crippen molar-refractivity contribution in [3.05, 3.63) is 93.6 Å². The average Bonchev–Trinajstić information content (AvgIpc) is 3.16. The third-order valence-electron chi connectivity index (χ3n) is 4.64. The predicted molar refractivity (Wildman–Crippen MR) is 117 cm³/mol. The Balaban J connectivity index is 1.45. The van der Waals surface area contributed by atoms with Crippen molar-refractivity contribution in [1.29, 1.82) is 0 Å². The molecular weight excluding hydrogens is 425 g/mol. The predicted octanol–water partition coefficient (Wildman–Crippen LogP) is 6.44. The minimum atomic E-state index is -0.458. The van der Waals surface area contributed by atoms with E-state index in [1.807, 2.05) is 30.3 Å². The van der Waals surface area contributed by atoms with Gasteiger partial charge in [0.05, 0.1) is 20.8 Å². The van der Waals surface area contributed by atoms with Crippen LogP contribution in [0.3, 0.4) is 0 Å². The van der Waals surface area contributed by atoms with E-state index < -0.39 is 11.4 Å². The van der Waals surface area contributed by atoms with Crippen LogP contribution in [0.2, 0.25) is 5.02 Å². The van der Waals surface area contributed by atoms with Crippen molar-refractivity contribution in [1.82, 2.24) is 4.98 Å². The monoisotopic (exact) mass is 437 g/mol. The van der Waals surface area contributed by atoms with E-state index >= 15 is 0 Å². The molecule has 30 heavy (non-hydrogen) atoms. The molecule has 4 nitrogen and oxygen atoms in total. The number of aromatic nitrogens is 1. The fraction of sp³-hybridized carbons (Fsp3) is 0.0435. The second-order valence-electron chi connectivity index (χ2n) is 6.66. The molecule has 0 aliphatic rings. The molecule has 2 aromatic heterocycles. The van der Waals surface area contributed by atoms with Gasteiger partial charge in [-0.15, -0.1) is 11.3 Å². The van der Waals surface area contributed by atoms with Crippen molar-refractivity contribution in [3.63, 3.8) is 0 Å². The molecule has 5 rings (SSSR count). The Morgan fingerprint density at radius 3 is 2.77 bits per heavy atom. The zero-order valence-electron chi connectivity index (χ0n) is 15.4. The maximum Gasteiger partial charge on any atom is 0.346 e. The van der Waals surface area contributed by atoms with Crippen LogP contribution in [0.5, 0.6) is 5.75 Å². The molecule has 0 aliphatic heterocycles. The Morgan fingerprint density at radius 1 is 1.07 bits per heavy atom. The second-order valence-corrected chi connectivity index (χ2v) is 8.10. The standard InChI is InChI=1S/C23H13ClFNO3S/c24-18-10-15(25)7-5-14(18)12-28-16-8-6-13-9-17(23(27)29-20(13)11-16)22-26-19-3-1-2-4-21(19)30-22/h1-11H,12H2. The molecule has 0 saturated carbocycles. The molecule has 0 aliphatic carbocycles. The normalized spacial score (nSPS) is 11.3. The molecule has 0 N–H and O–H groups in total. The van der Waals surface area contributed by atoms with Crippen LogP contribution in [0.4, 0.5) is 4.39 Å². The SMILES string of the molecule is O=c1oc2cc(OCc3ccc(F)cc3Cl)ccc2cc1-c1nc2ccccc2s1. The van der Waals surface area contributed by atoms with Crippen LogP contribution in [0, 0.1) is 5.82 Å². The largest absolute Gasteiger partial charge is 0.489 e. The van der Waals surface area contributed by atoms with Crippen molar-refractivity contribution in [3.8, 4) is 16.3 Å². The first-order chi connectivity index (χ1) is 14.6. The van der Waals surface area contributed by atoms with Crippen LogP contribution in [-0.4, -0.2) is 4.98 Å². The van der Waals surface area contributed by atoms with E-state index in [0.717, 1.165) is 15.6 Å². The summed E-state index contributed by atoms with van der Waals surface area (Å²) in [5.41, 5.74) is 1.88. The second kappa shape index (κ2) is 7.55. The Morgan fingerprint density at radius 2 is 1.93 bits per heavy atom. The van der Waals surface area contributed by atoms with Crippen LogP contribution < -0.4 is 10.4 Å². The number of benzene rings is 3. The summed E-state index contributed by atoms with van der Waals surface area (Å²) in [4.78, 5) is 17.1. The van der Waals surface area contributed by atoms with Gasteiger partial charge >= 0.3 is 5.63 Å². The van der Waals surface area contributed by atoms with Crippen LogP contribution in [0.15, 0.2) is 75.9 Å². The number of rotatable bonds is 4. The van der Waals surface area contributed by atoms with Gasteiger partial charge in [0.1, 0.15) is 28.8 Å². The van der Waals surface area contributed by atoms with Crippen LogP contribution >= 0.6 is 22.9 Å². The molecule has 0 fully saturated rings. The van der Waals surface area contributed by atoms with Crippen LogP contribution in [0.1, 0.15) is 5.56 Å². The Kier molecular flexibility index (Phi) is 4.73. The minimum Gasteiger partial charge on any atom is -0.489 e. The molecule has 2 heterocycles. The zero-order chi connectivity index (χ0) is 20.7. The summed E-state index contributed by atoms with van der Waals surface area (Å²) in [6.07, 6.45) is 0. The number of hydrogen-bond donors (Lipinski definition) is 0. The molecule has 148 valence electrons. The van der Waals surface area contributed by atoms with E-state index in [0.29, 0.717) is 32.5 Å². The van der Waals surface area contributed by atoms with E-state index in [1.54, 1.807) is 24.3 Å². The van der Waals surface area contributed by atoms with Crippen molar-refractivity contribution in [2.75, 3.05) is 0 Å². The number of thiazole rings is 1. The number of ether oxygens (including phenoxy) is 1. The number of nitrogens with zero attached hydrogens (tertiary/aromatic N) is 1. The van der Waals surface area contributed by atoms with E-state index in [-0.39, 0.29) is 6.61 Å². The summed E-state index contributed by atoms with van der Waals surface area (Å²) in [6, 6.07) is 18.9. The van der Waals surface area contributed by atoms with Crippen LogP contribution in [0.25, 0.3) is 31.8 Å². The van der Waals surface area contributed by atoms with Gasteiger partial charge < -0.3 is 9.15 Å². The summed E-state index contributed by atoms with van der Waals surface area (Å²) in [6.45, 7) is 0.165. The lowest BCUT2D eigenvalue weighted by Gasteiger charge is -2.09. The Hall–Kier alpha value is -3.22. The summed E-state index contributed by atoms with van der Waals surface area (Å²) < 4.78 is 25.4. The third-order valence-corrected chi connectivity index (χ3v) is 6.06. The zero-order valence-corrected chi connectivity index (χ0v) is 17.0. The quantitative estimate of drug-likeness (QED) is 0.303. The van der Waals surface area contributed by atoms with Gasteiger partial charge in [0.15, 0.2) is 0 Å². The summed E-state index contributed by atoms with van der Waals surface area (Å²) in [7, 11) is 0. The first kappa shape index (κ1) is 18.8. The van der Waals surface area contributed by atoms with Gasteiger partial charge in [-0.3, -0.25) is 0 Å². The van der Waals surface area contributed by atoms with E-state index in [2.05, 4.69) is 4.98 Å². The lowest BCUT2D eigenvalue weighted by atomic mass is 10.2. The summed E-state index contributed by atoms with van der Waals surface area (Å²) >= 11 is 7.48. The molecule has 0 amide bonds. The first-order valence-electron chi connectivity index (χ1n) is 9.07. The van der Waals surface area contributed by atoms with E-state index in [4.69, 9.17) is 20.8 Å². The number of hydrogen-bond acceptors (Lipinski definition) is 5. The van der Waals surface area contributed by atoms with Crippen molar-refractivity contribution >= 4 is 44.1 Å². The molecule has 0 atom stereocenters. The topological polar surface area (TPSA) is 52.3 Å². The number of halogens is 2. The van der Waals surface area contributed by atoms with Gasteiger partial charge in [-0.2, -0.15) is 0 Å². The number of fused-ring (bicyclic) bond motifs is 2. The first-order valence-corrected chi connectivity index (χ1v) is 10.3. The Labute approximate surface area is 179 Å². The van der Waals surface area contributed by atoms with Gasteiger partial charge in [0.2, 0.25) is 0 Å². The van der Waals surface area contributed by atoms with Crippen molar-refractivity contribution < 1.29 is 13.5 Å². The lowest BCUT2D eigenvalue weighted by Crippen LogP contribution is -2.02. The molecule has 7 heteroatoms. The smallest absolute Gasteiger partial charge is 0.346 e. The molecule has 0 saturated heterocycles. The molecule has 0 radical (unpaired) electrons. The molecule has 5 aromatic rings. The third kappa shape index (κ3) is 3.56. The highest BCUT2D eigenvalue weighted by molar-refractivity contribution is 7.21. The summed E-state index contributed by atoms with van der Waals surface area (Å²) in [5.74, 6) is 0.110. The van der Waals surface area contributed by atoms with Gasteiger partial charge in [0, 0.05) is 17.0 Å². The highest BCUT2D eigenvalue weighted by Crippen LogP contribution is 2.30. The average molecular weight is 438 g/mol. The minimum absolute atomic E-state index is 0.165. The van der Waals surface area contributed by atoms with Gasteiger partial charge in [-0.05, 0) is 42.5 Å². The number of para-hydroxylation sites is 1. The van der Waals surface area contributed by atoms with Gasteiger partial charge in [0.25, 0.3) is 0 Å². The maximum atomic E-state index is 13.2. The fourth-order valence-electron chi connectivity index (χ4n) is 3.12. The lowest BCUT2D eigenvalue weighted by molar-refractivity contribution is 0.306.